The van der Waals surface area contributed by atoms with Crippen molar-refractivity contribution in [2.24, 2.45) is 69.5 Å². The standard InChI is InChI=1S/C27H33NO.C14H21NO2.6C10H13NO2.16ClH.8Zr/c1-17-9-22(16-28-25-20-12-18-11-19(14-20)15-21(25)13-18)26(29)24(10-17)27(2,3)23-7-5-4-6-8-23;1-10(2)5-6-15-9-12-8-13(17-4)7-11(3)14(12)16;6*1-7-4-9(13-3)5-8(6-11-2)10(7)12;;;;;;;;;;;;;;;;;;;;;;;;/h4-10,16,18-21,25,29H,11-15H2,1-3H3;7-10,16H,5-6H2,1-4H3;6*4-6,12H,1-3H3;16*1H;;;;;;;;/q;;;;;;;;;;;;;;;;;;;;;;;;8*+2/p-16. The molecule has 4 fully saturated rings. The first-order valence-corrected chi connectivity index (χ1v) is 94.8. The normalized spacial score (nSPS) is 13.8. The van der Waals surface area contributed by atoms with Crippen LogP contribution in [0.25, 0.3) is 0 Å². The number of benzene rings is 9. The fourth-order valence-electron chi connectivity index (χ4n) is 15.0. The van der Waals surface area contributed by atoms with Crippen LogP contribution in [0.15, 0.2) is 167 Å². The minimum absolute atomic E-state index is 0.256. The van der Waals surface area contributed by atoms with Crippen LogP contribution in [0.1, 0.15) is 166 Å². The Kier molecular flexibility index (Phi) is 97.1. The molecule has 0 aromatic heterocycles. The van der Waals surface area contributed by atoms with Crippen molar-refractivity contribution in [3.05, 3.63) is 228 Å². The van der Waals surface area contributed by atoms with E-state index in [4.69, 9.17) is 174 Å². The zero-order valence-electron chi connectivity index (χ0n) is 87.2. The van der Waals surface area contributed by atoms with Crippen molar-refractivity contribution in [2.45, 2.75) is 133 Å². The van der Waals surface area contributed by atoms with Gasteiger partial charge in [0.25, 0.3) is 0 Å². The summed E-state index contributed by atoms with van der Waals surface area (Å²) in [5.74, 6) is 11.4. The summed E-state index contributed by atoms with van der Waals surface area (Å²) in [6.45, 7) is 24.4. The molecule has 0 atom stereocenters. The number of aryl methyl sites for hydroxylation is 8. The van der Waals surface area contributed by atoms with Crippen LogP contribution in [-0.2, 0) is 172 Å². The Morgan fingerprint density at radius 2 is 0.514 bits per heavy atom. The van der Waals surface area contributed by atoms with Crippen LogP contribution in [0.3, 0.4) is 0 Å². The molecular weight excluding hydrogens is 2860 g/mol. The van der Waals surface area contributed by atoms with Crippen molar-refractivity contribution in [3.63, 3.8) is 0 Å². The fourth-order valence-corrected chi connectivity index (χ4v) is 15.0. The Morgan fingerprint density at radius 1 is 0.304 bits per heavy atom. The first-order valence-electron chi connectivity index (χ1n) is 44.2. The molecule has 0 heterocycles. The zero-order chi connectivity index (χ0) is 114. The molecule has 0 aliphatic heterocycles. The van der Waals surface area contributed by atoms with Gasteiger partial charge in [-0.05, 0) is 265 Å². The van der Waals surface area contributed by atoms with Crippen LogP contribution < -0.4 is 33.2 Å². The number of aliphatic imine (C=N–C) groups is 8. The van der Waals surface area contributed by atoms with Crippen molar-refractivity contribution in [1.29, 1.82) is 0 Å². The molecule has 148 heavy (non-hydrogen) atoms. The van der Waals surface area contributed by atoms with E-state index >= 15 is 0 Å². The first-order chi connectivity index (χ1) is 70.4. The van der Waals surface area contributed by atoms with Crippen LogP contribution in [0, 0.1) is 85.0 Å². The number of methoxy groups -OCH3 is 7. The Morgan fingerprint density at radius 3 is 0.716 bits per heavy atom. The average molecular weight is 3000 g/mol. The molecule has 9 aromatic rings. The third-order valence-corrected chi connectivity index (χ3v) is 21.5. The second-order valence-corrected chi connectivity index (χ2v) is 62.1. The summed E-state index contributed by atoms with van der Waals surface area (Å²) in [7, 11) is 100. The van der Waals surface area contributed by atoms with E-state index in [1.807, 2.05) is 60.7 Å². The maximum atomic E-state index is 11.2. The van der Waals surface area contributed by atoms with E-state index in [2.05, 4.69) is 106 Å². The van der Waals surface area contributed by atoms with Gasteiger partial charge in [0, 0.05) is 154 Å². The van der Waals surface area contributed by atoms with Gasteiger partial charge in [0.1, 0.15) is 86.2 Å². The second-order valence-electron chi connectivity index (χ2n) is 32.2. The molecule has 13 rings (SSSR count). The molecule has 0 saturated heterocycles. The van der Waals surface area contributed by atoms with Gasteiger partial charge in [0.2, 0.25) is 0 Å². The summed E-state index contributed by atoms with van der Waals surface area (Å²) >= 11 is -6.60. The van der Waals surface area contributed by atoms with Gasteiger partial charge in [0.05, 0.1) is 55.8 Å². The zero-order valence-corrected chi connectivity index (χ0v) is 119. The van der Waals surface area contributed by atoms with Gasteiger partial charge in [-0.1, -0.05) is 64.1 Å². The van der Waals surface area contributed by atoms with E-state index < -0.39 is 167 Å². The molecule has 0 spiro atoms. The van der Waals surface area contributed by atoms with Crippen molar-refractivity contribution in [1.82, 2.24) is 0 Å². The minimum atomic E-state index is -0.826. The predicted octanol–water partition coefficient (Wildman–Crippen LogP) is 31.0. The molecule has 9 aromatic carbocycles. The summed E-state index contributed by atoms with van der Waals surface area (Å²) in [5.41, 5.74) is 14.3. The quantitative estimate of drug-likeness (QED) is 0.0310. The maximum absolute atomic E-state index is 11.2. The molecular formula is C101H132Cl16N8O15Zr8. The molecule has 4 bridgehead atoms. The molecule has 4 aliphatic carbocycles. The fraction of sp³-hybridized carbons (Fsp3) is 0.386. The molecule has 0 amide bonds. The molecule has 4 aliphatic rings. The van der Waals surface area contributed by atoms with Gasteiger partial charge in [-0.2, -0.15) is 0 Å². The molecule has 23 nitrogen and oxygen atoms in total. The van der Waals surface area contributed by atoms with E-state index in [9.17, 15) is 40.9 Å². The summed E-state index contributed by atoms with van der Waals surface area (Å²) in [6.07, 6.45) is 21.3. The number of halogens is 16. The van der Waals surface area contributed by atoms with Gasteiger partial charge in [-0.15, -0.1) is 0 Å². The van der Waals surface area contributed by atoms with Crippen LogP contribution >= 0.6 is 136 Å². The summed E-state index contributed by atoms with van der Waals surface area (Å²) in [4.78, 5) is 32.5. The molecule has 4 saturated carbocycles. The summed E-state index contributed by atoms with van der Waals surface area (Å²) < 4.78 is 35.5. The van der Waals surface area contributed by atoms with Gasteiger partial charge in [0.15, 0.2) is 0 Å². The van der Waals surface area contributed by atoms with Crippen molar-refractivity contribution in [3.8, 4) is 86.2 Å². The Labute approximate surface area is 1030 Å². The molecule has 47 heteroatoms. The third-order valence-electron chi connectivity index (χ3n) is 21.5. The van der Waals surface area contributed by atoms with Crippen LogP contribution in [0.5, 0.6) is 86.2 Å². The topological polar surface area (TPSA) is 325 Å². The van der Waals surface area contributed by atoms with E-state index in [-0.39, 0.29) is 45.7 Å². The molecule has 0 radical (unpaired) electrons. The molecule has 0 unspecified atom stereocenters. The SMILES string of the molecule is CN=Cc1cc(OC)cc(C)c1O.CN=Cc1cc(OC)cc(C)c1O.CN=Cc1cc(OC)cc(C)c1O.CN=Cc1cc(OC)cc(C)c1O.CN=Cc1cc(OC)cc(C)c1O.CN=Cc1cc(OC)cc(C)c1O.COc1cc(C)c(O)c(C=NCCC(C)C)c1.Cc1cc(C=NC2C3CC4CC(C3)CC2C4)c(O)c(C(C)(C)c2ccccc2)c1.[Cl][Zr][Cl].[Cl][Zr][Cl].[Cl][Zr][Cl].[Cl][Zr][Cl].[Cl][Zr][Cl].[Cl][Zr][Cl].[Cl][Zr][Cl].[Cl][Zr][Cl]. The summed E-state index contributed by atoms with van der Waals surface area (Å²) in [6, 6.07) is 39.9. The molecule has 810 valence electrons. The Balaban J connectivity index is -0.000000789. The summed E-state index contributed by atoms with van der Waals surface area (Å²) in [5, 5.41) is 78.7. The number of nitrogens with zero attached hydrogens (tertiary/aromatic N) is 8. The van der Waals surface area contributed by atoms with Gasteiger partial charge >= 0.3 is 303 Å². The number of hydrogen-bond donors (Lipinski definition) is 8. The van der Waals surface area contributed by atoms with Crippen LogP contribution in [-0.4, -0.2) is 195 Å². The first kappa shape index (κ1) is 153. The Bertz CT molecular complexity index is 4880. The number of ether oxygens (including phenoxy) is 7. The number of phenolic OH excluding ortho intramolecular Hbond substituents is 8. The predicted molar refractivity (Wildman–Crippen MR) is 602 cm³/mol. The number of aromatic hydroxyl groups is 8. The van der Waals surface area contributed by atoms with E-state index in [0.717, 1.165) is 127 Å². The van der Waals surface area contributed by atoms with Gasteiger partial charge in [-0.25, -0.2) is 0 Å². The number of rotatable bonds is 21. The average Bonchev–Trinajstić information content (AvgIpc) is 0.760. The number of hydrogen-bond acceptors (Lipinski definition) is 23. The van der Waals surface area contributed by atoms with E-state index in [1.54, 1.807) is 220 Å². The van der Waals surface area contributed by atoms with Gasteiger partial charge < -0.3 is 74.0 Å². The third kappa shape index (κ3) is 62.7. The molecule has 8 N–H and O–H groups in total. The van der Waals surface area contributed by atoms with Crippen molar-refractivity contribution in [2.75, 3.05) is 98.6 Å². The van der Waals surface area contributed by atoms with Crippen LogP contribution in [0.4, 0.5) is 0 Å². The van der Waals surface area contributed by atoms with E-state index in [1.165, 1.54) is 43.2 Å². The van der Waals surface area contributed by atoms with Crippen molar-refractivity contribution >= 4 is 186 Å². The van der Waals surface area contributed by atoms with Gasteiger partial charge in [-0.3, -0.25) is 39.9 Å². The Hall–Kier alpha value is -0.955. The second kappa shape index (κ2) is 93.7. The van der Waals surface area contributed by atoms with Crippen LogP contribution in [0.2, 0.25) is 0 Å². The number of phenols is 8. The van der Waals surface area contributed by atoms with Crippen molar-refractivity contribution < 1.29 is 241 Å². The monoisotopic (exact) mass is 2980 g/mol. The van der Waals surface area contributed by atoms with E-state index in [0.29, 0.717) is 56.7 Å².